The lowest BCUT2D eigenvalue weighted by molar-refractivity contribution is 0.986. The van der Waals surface area contributed by atoms with Crippen LogP contribution < -0.4 is 22.4 Å². The number of nitrogens with zero attached hydrogens (tertiary/aromatic N) is 1. The molecule has 1 heterocycles. The predicted molar refractivity (Wildman–Crippen MR) is 59.9 cm³/mol. The molecule has 15 heavy (non-hydrogen) atoms. The van der Waals surface area contributed by atoms with E-state index >= 15 is 0 Å². The summed E-state index contributed by atoms with van der Waals surface area (Å²) < 4.78 is 0. The first-order chi connectivity index (χ1) is 7.00. The molecule has 0 fully saturated rings. The average Bonchev–Trinajstić information content (AvgIpc) is 2.12. The van der Waals surface area contributed by atoms with Crippen LogP contribution in [0.3, 0.4) is 0 Å². The molecule has 1 aromatic rings. The highest BCUT2D eigenvalue weighted by Crippen LogP contribution is 1.89. The Morgan fingerprint density at radius 1 is 1.53 bits per heavy atom. The van der Waals surface area contributed by atoms with Gasteiger partial charge in [0, 0.05) is 5.56 Å². The van der Waals surface area contributed by atoms with Crippen molar-refractivity contribution >= 4 is 23.5 Å². The van der Waals surface area contributed by atoms with Crippen LogP contribution in [0.2, 0.25) is 0 Å². The van der Waals surface area contributed by atoms with Crippen LogP contribution in [0.15, 0.2) is 14.7 Å². The molecular formula is C7H9N5O2S. The summed E-state index contributed by atoms with van der Waals surface area (Å²) in [5.74, 6) is 0. The molecule has 0 saturated heterocycles. The molecular weight excluding hydrogens is 218 g/mol. The smallest absolute Gasteiger partial charge is 0.326 e. The van der Waals surface area contributed by atoms with Gasteiger partial charge in [-0.3, -0.25) is 15.2 Å². The monoisotopic (exact) mass is 227 g/mol. The molecule has 0 atom stereocenters. The van der Waals surface area contributed by atoms with Crippen molar-refractivity contribution in [2.24, 2.45) is 10.8 Å². The Bertz CT molecular complexity index is 515. The van der Waals surface area contributed by atoms with Crippen LogP contribution in [-0.2, 0) is 0 Å². The minimum atomic E-state index is -0.595. The highest BCUT2D eigenvalue weighted by Gasteiger charge is 2.01. The molecule has 8 heteroatoms. The van der Waals surface area contributed by atoms with E-state index in [0.29, 0.717) is 11.3 Å². The molecule has 1 aromatic heterocycles. The van der Waals surface area contributed by atoms with Crippen molar-refractivity contribution in [3.05, 3.63) is 32.1 Å². The van der Waals surface area contributed by atoms with Crippen molar-refractivity contribution < 1.29 is 0 Å². The van der Waals surface area contributed by atoms with E-state index in [4.69, 9.17) is 5.73 Å². The molecule has 80 valence electrons. The van der Waals surface area contributed by atoms with Gasteiger partial charge in [-0.1, -0.05) is 0 Å². The Morgan fingerprint density at radius 2 is 2.20 bits per heavy atom. The molecule has 0 aromatic carbocycles. The lowest BCUT2D eigenvalue weighted by atomic mass is 10.3. The van der Waals surface area contributed by atoms with E-state index in [9.17, 15) is 9.59 Å². The number of hydrogen-bond donors (Lipinski definition) is 4. The third kappa shape index (κ3) is 3.02. The second kappa shape index (κ2) is 4.51. The van der Waals surface area contributed by atoms with Crippen LogP contribution in [0.5, 0.6) is 0 Å². The van der Waals surface area contributed by atoms with Gasteiger partial charge in [-0.25, -0.2) is 4.79 Å². The summed E-state index contributed by atoms with van der Waals surface area (Å²) in [6.07, 6.45) is 1.26. The van der Waals surface area contributed by atoms with Gasteiger partial charge >= 0.3 is 5.69 Å². The number of nitrogens with one attached hydrogen (secondary N) is 3. The first-order valence-electron chi connectivity index (χ1n) is 3.92. The van der Waals surface area contributed by atoms with Gasteiger partial charge < -0.3 is 10.7 Å². The lowest BCUT2D eigenvalue weighted by Gasteiger charge is -1.97. The van der Waals surface area contributed by atoms with Crippen LogP contribution in [-0.4, -0.2) is 21.3 Å². The van der Waals surface area contributed by atoms with E-state index in [1.807, 2.05) is 0 Å². The van der Waals surface area contributed by atoms with E-state index < -0.39 is 11.2 Å². The Labute approximate surface area is 89.4 Å². The lowest BCUT2D eigenvalue weighted by Crippen LogP contribution is -2.27. The van der Waals surface area contributed by atoms with Crippen LogP contribution in [0.4, 0.5) is 0 Å². The zero-order valence-electron chi connectivity index (χ0n) is 7.83. The normalized spacial score (nSPS) is 10.5. The van der Waals surface area contributed by atoms with E-state index in [-0.39, 0.29) is 5.11 Å². The van der Waals surface area contributed by atoms with E-state index in [0.717, 1.165) is 0 Å². The topological polar surface area (TPSA) is 116 Å². The molecule has 0 unspecified atom stereocenters. The van der Waals surface area contributed by atoms with Crippen molar-refractivity contribution in [1.82, 2.24) is 15.4 Å². The number of H-pyrrole nitrogens is 2. The van der Waals surface area contributed by atoms with Crippen LogP contribution in [0.25, 0.3) is 0 Å². The molecule has 0 amide bonds. The second-order valence-electron chi connectivity index (χ2n) is 2.68. The third-order valence-corrected chi connectivity index (χ3v) is 1.68. The van der Waals surface area contributed by atoms with Gasteiger partial charge in [0.1, 0.15) is 0 Å². The van der Waals surface area contributed by atoms with Crippen LogP contribution in [0, 0.1) is 6.92 Å². The second-order valence-corrected chi connectivity index (χ2v) is 3.12. The Morgan fingerprint density at radius 3 is 2.80 bits per heavy atom. The minimum absolute atomic E-state index is 0.00362. The molecule has 0 aliphatic rings. The third-order valence-electron chi connectivity index (χ3n) is 1.59. The maximum Gasteiger partial charge on any atom is 0.326 e. The number of hydrogen-bond acceptors (Lipinski definition) is 4. The zero-order chi connectivity index (χ0) is 11.4. The van der Waals surface area contributed by atoms with Crippen molar-refractivity contribution in [3.63, 3.8) is 0 Å². The summed E-state index contributed by atoms with van der Waals surface area (Å²) in [4.78, 5) is 26.6. The Kier molecular flexibility index (Phi) is 3.34. The SMILES string of the molecule is Cc1c(/C=N/NC(N)=S)[nH]c(=O)[nH]c1=O. The summed E-state index contributed by atoms with van der Waals surface area (Å²) in [7, 11) is 0. The van der Waals surface area contributed by atoms with Gasteiger partial charge in [0.25, 0.3) is 5.56 Å². The van der Waals surface area contributed by atoms with E-state index in [1.54, 1.807) is 6.92 Å². The van der Waals surface area contributed by atoms with Gasteiger partial charge in [0.05, 0.1) is 11.9 Å². The Hall–Kier alpha value is -1.96. The molecule has 0 saturated carbocycles. The van der Waals surface area contributed by atoms with Gasteiger partial charge in [-0.15, -0.1) is 0 Å². The molecule has 0 aliphatic heterocycles. The fourth-order valence-corrected chi connectivity index (χ4v) is 0.909. The largest absolute Gasteiger partial charge is 0.375 e. The molecule has 0 bridgehead atoms. The molecule has 0 spiro atoms. The fourth-order valence-electron chi connectivity index (χ4n) is 0.856. The summed E-state index contributed by atoms with van der Waals surface area (Å²) >= 11 is 4.51. The van der Waals surface area contributed by atoms with Crippen molar-refractivity contribution in [3.8, 4) is 0 Å². The van der Waals surface area contributed by atoms with Crippen LogP contribution >= 0.6 is 12.2 Å². The Balaban J connectivity index is 3.05. The molecule has 1 rings (SSSR count). The predicted octanol–water partition coefficient (Wildman–Crippen LogP) is -1.46. The van der Waals surface area contributed by atoms with Crippen molar-refractivity contribution in [2.75, 3.05) is 0 Å². The number of rotatable bonds is 2. The van der Waals surface area contributed by atoms with Gasteiger partial charge in [-0.2, -0.15) is 5.10 Å². The van der Waals surface area contributed by atoms with Crippen molar-refractivity contribution in [2.45, 2.75) is 6.92 Å². The standard InChI is InChI=1S/C7H9N5O2S/c1-3-4(2-9-12-6(8)15)10-7(14)11-5(3)13/h2H,1H3,(H3,8,12,15)(H2,10,11,13,14)/b9-2+. The quantitative estimate of drug-likeness (QED) is 0.280. The molecule has 7 nitrogen and oxygen atoms in total. The summed E-state index contributed by atoms with van der Waals surface area (Å²) in [5, 5.41) is 3.62. The number of aromatic amines is 2. The fraction of sp³-hybridized carbons (Fsp3) is 0.143. The highest BCUT2D eigenvalue weighted by molar-refractivity contribution is 7.80. The first kappa shape index (κ1) is 11.1. The average molecular weight is 227 g/mol. The first-order valence-corrected chi connectivity index (χ1v) is 4.33. The van der Waals surface area contributed by atoms with Crippen molar-refractivity contribution in [1.29, 1.82) is 0 Å². The van der Waals surface area contributed by atoms with Gasteiger partial charge in [0.15, 0.2) is 5.11 Å². The van der Waals surface area contributed by atoms with E-state index in [1.165, 1.54) is 6.21 Å². The van der Waals surface area contributed by atoms with E-state index in [2.05, 4.69) is 32.7 Å². The number of thiocarbonyl (C=S) groups is 1. The molecule has 0 radical (unpaired) electrons. The molecule has 5 N–H and O–H groups in total. The highest BCUT2D eigenvalue weighted by atomic mass is 32.1. The maximum absolute atomic E-state index is 11.1. The number of hydrazone groups is 1. The number of aromatic nitrogens is 2. The summed E-state index contributed by atoms with van der Waals surface area (Å²) in [5.41, 5.74) is 7.02. The number of nitrogens with two attached hydrogens (primary N) is 1. The minimum Gasteiger partial charge on any atom is -0.375 e. The maximum atomic E-state index is 11.1. The van der Waals surface area contributed by atoms with Gasteiger partial charge in [0.2, 0.25) is 0 Å². The zero-order valence-corrected chi connectivity index (χ0v) is 8.64. The molecule has 0 aliphatic carbocycles. The van der Waals surface area contributed by atoms with Gasteiger partial charge in [-0.05, 0) is 19.1 Å². The summed E-state index contributed by atoms with van der Waals surface area (Å²) in [6.45, 7) is 1.55. The van der Waals surface area contributed by atoms with Crippen LogP contribution in [0.1, 0.15) is 11.3 Å². The summed E-state index contributed by atoms with van der Waals surface area (Å²) in [6, 6.07) is 0.